The molecule has 0 N–H and O–H groups in total. The van der Waals surface area contributed by atoms with Crippen molar-refractivity contribution >= 4 is 12.0 Å². The molecule has 0 aliphatic carbocycles. The highest BCUT2D eigenvalue weighted by atomic mass is 32.2. The van der Waals surface area contributed by atoms with Crippen molar-refractivity contribution < 1.29 is 18.4 Å². The Morgan fingerprint density at radius 2 is 1.57 bits per heavy atom. The first kappa shape index (κ1) is 31.2. The van der Waals surface area contributed by atoms with Gasteiger partial charge in [0.2, 0.25) is 0 Å². The Bertz CT molecular complexity index is 1290. The Morgan fingerprint density at radius 3 is 2.15 bits per heavy atom. The van der Waals surface area contributed by atoms with E-state index in [0.29, 0.717) is 6.04 Å². The maximum atomic E-state index is 6.27. The minimum absolute atomic E-state index is 0.305. The molecule has 0 aromatic heterocycles. The summed E-state index contributed by atoms with van der Waals surface area (Å²) in [5.41, 5.74) is 6.43. The van der Waals surface area contributed by atoms with Gasteiger partial charge >= 0.3 is 0 Å². The summed E-state index contributed by atoms with van der Waals surface area (Å²) in [6.07, 6.45) is 5.71. The van der Waals surface area contributed by atoms with Crippen LogP contribution in [0.5, 0.6) is 23.0 Å². The third-order valence-corrected chi connectivity index (χ3v) is 7.88. The van der Waals surface area contributed by atoms with Gasteiger partial charge in [0.1, 0.15) is 0 Å². The average Bonchev–Trinajstić information content (AvgIpc) is 3.02. The number of fused-ring (bicyclic) bond motifs is 4. The van der Waals surface area contributed by atoms with Crippen LogP contribution in [0.2, 0.25) is 0 Å². The van der Waals surface area contributed by atoms with E-state index in [2.05, 4.69) is 29.7 Å². The van der Waals surface area contributed by atoms with Crippen LogP contribution in [0.1, 0.15) is 56.0 Å². The van der Waals surface area contributed by atoms with Crippen molar-refractivity contribution in [1.82, 2.24) is 4.90 Å². The Hall–Kier alpha value is -3.35. The first-order valence-corrected chi connectivity index (χ1v) is 14.6. The molecular formula is C34H43NO4S. The van der Waals surface area contributed by atoms with Gasteiger partial charge in [0.15, 0.2) is 23.0 Å². The van der Waals surface area contributed by atoms with Crippen LogP contribution < -0.4 is 18.4 Å². The number of benzene rings is 3. The van der Waals surface area contributed by atoms with Gasteiger partial charge in [-0.15, -0.1) is 0 Å². The fourth-order valence-electron chi connectivity index (χ4n) is 4.89. The summed E-state index contributed by atoms with van der Waals surface area (Å²) in [4.78, 5) is 3.62. The van der Waals surface area contributed by atoms with Gasteiger partial charge in [-0.2, -0.15) is 0 Å². The maximum absolute atomic E-state index is 6.27. The first-order valence-electron chi connectivity index (χ1n) is 13.8. The summed E-state index contributed by atoms with van der Waals surface area (Å²) in [5, 5.41) is 0. The van der Waals surface area contributed by atoms with Crippen LogP contribution in [0.15, 0.2) is 83.8 Å². The lowest BCUT2D eigenvalue weighted by atomic mass is 9.83. The second-order valence-electron chi connectivity index (χ2n) is 9.30. The molecule has 0 saturated heterocycles. The molecule has 1 atom stereocenters. The predicted octanol–water partition coefficient (Wildman–Crippen LogP) is 8.62. The fourth-order valence-corrected chi connectivity index (χ4v) is 5.52. The third-order valence-electron chi connectivity index (χ3n) is 7.16. The molecule has 2 aliphatic heterocycles. The predicted molar refractivity (Wildman–Crippen MR) is 167 cm³/mol. The number of nitrogens with zero attached hydrogens (tertiary/aromatic N) is 1. The Balaban J connectivity index is 0.000000491. The molecule has 5 rings (SSSR count). The van der Waals surface area contributed by atoms with E-state index in [4.69, 9.17) is 18.4 Å². The molecule has 0 radical (unpaired) electrons. The maximum Gasteiger partial charge on any atom is 0.183 e. The monoisotopic (exact) mass is 561 g/mol. The molecule has 0 amide bonds. The molecule has 6 heteroatoms. The Labute approximate surface area is 245 Å². The first-order chi connectivity index (χ1) is 19.5. The molecule has 0 saturated carbocycles. The smallest absolute Gasteiger partial charge is 0.183 e. The van der Waals surface area contributed by atoms with E-state index in [9.17, 15) is 0 Å². The fraction of sp³-hybridized carbons (Fsp3) is 0.353. The number of hydrogen-bond donors (Lipinski definition) is 0. The van der Waals surface area contributed by atoms with E-state index in [-0.39, 0.29) is 0 Å². The van der Waals surface area contributed by atoms with Crippen LogP contribution in [-0.2, 0) is 19.4 Å². The average molecular weight is 562 g/mol. The molecule has 5 nitrogen and oxygen atoms in total. The van der Waals surface area contributed by atoms with Gasteiger partial charge in [-0.3, -0.25) is 4.90 Å². The molecule has 0 bridgehead atoms. The number of allylic oxidation sites excluding steroid dienone is 3. The van der Waals surface area contributed by atoms with E-state index in [1.165, 1.54) is 39.9 Å². The summed E-state index contributed by atoms with van der Waals surface area (Å²) in [7, 11) is 5.08. The second kappa shape index (κ2) is 15.4. The van der Waals surface area contributed by atoms with Gasteiger partial charge in [0.25, 0.3) is 0 Å². The molecular weight excluding hydrogens is 518 g/mol. The van der Waals surface area contributed by atoms with Crippen LogP contribution in [0.4, 0.5) is 0 Å². The normalized spacial score (nSPS) is 15.5. The SMILES string of the molecule is C=C/C(C)=C\C.CC.COc1cc2c(cc1OC)CN1CCc3c(ccc(OC)c3OSc3ccccc3)C1C2. The largest absolute Gasteiger partial charge is 0.493 e. The van der Waals surface area contributed by atoms with Gasteiger partial charge in [-0.05, 0) is 73.7 Å². The second-order valence-corrected chi connectivity index (χ2v) is 10.1. The van der Waals surface area contributed by atoms with Crippen LogP contribution >= 0.6 is 12.0 Å². The van der Waals surface area contributed by atoms with Crippen molar-refractivity contribution in [3.8, 4) is 23.0 Å². The number of ether oxygens (including phenoxy) is 3. The lowest BCUT2D eigenvalue weighted by molar-refractivity contribution is 0.159. The molecule has 0 spiro atoms. The molecule has 2 heterocycles. The summed E-state index contributed by atoms with van der Waals surface area (Å²) < 4.78 is 23.0. The standard InChI is InChI=1S/C26H27NO4S.C6H10.C2H6/c1-28-23-10-9-20-21(26(23)31-32-19-7-5-4-6-8-19)11-12-27-16-18-15-25(30-3)24(29-2)14-17(18)13-22(20)27;1-4-6(3)5-2;1-2/h4-10,14-15,22H,11-13,16H2,1-3H3;4-5H,1H2,2-3H3;1-2H3/b;6-5-;. The molecule has 214 valence electrons. The topological polar surface area (TPSA) is 40.2 Å². The van der Waals surface area contributed by atoms with Gasteiger partial charge in [0, 0.05) is 29.6 Å². The van der Waals surface area contributed by atoms with Crippen LogP contribution in [0.3, 0.4) is 0 Å². The van der Waals surface area contributed by atoms with Crippen molar-refractivity contribution in [3.05, 3.63) is 101 Å². The summed E-state index contributed by atoms with van der Waals surface area (Å²) >= 11 is 1.38. The number of methoxy groups -OCH3 is 3. The minimum atomic E-state index is 0.305. The van der Waals surface area contributed by atoms with Crippen molar-refractivity contribution in [2.75, 3.05) is 27.9 Å². The van der Waals surface area contributed by atoms with Crippen molar-refractivity contribution in [1.29, 1.82) is 0 Å². The molecule has 2 aliphatic rings. The zero-order valence-corrected chi connectivity index (χ0v) is 25.8. The van der Waals surface area contributed by atoms with E-state index in [0.717, 1.165) is 53.8 Å². The van der Waals surface area contributed by atoms with Crippen LogP contribution in [-0.4, -0.2) is 32.8 Å². The highest BCUT2D eigenvalue weighted by Crippen LogP contribution is 2.46. The molecule has 40 heavy (non-hydrogen) atoms. The molecule has 0 fully saturated rings. The van der Waals surface area contributed by atoms with Crippen LogP contribution in [0, 0.1) is 0 Å². The minimum Gasteiger partial charge on any atom is -0.493 e. The summed E-state index contributed by atoms with van der Waals surface area (Å²) in [6, 6.07) is 18.9. The van der Waals surface area contributed by atoms with Crippen molar-refractivity contribution in [3.63, 3.8) is 0 Å². The Kier molecular flexibility index (Phi) is 12.0. The number of rotatable bonds is 7. The third kappa shape index (κ3) is 7.23. The molecule has 1 unspecified atom stereocenters. The molecule has 3 aromatic rings. The van der Waals surface area contributed by atoms with Crippen LogP contribution in [0.25, 0.3) is 0 Å². The summed E-state index contributed by atoms with van der Waals surface area (Å²) in [5.74, 6) is 3.20. The van der Waals surface area contributed by atoms with E-state index in [1.54, 1.807) is 21.3 Å². The molecule has 3 aromatic carbocycles. The van der Waals surface area contributed by atoms with Crippen molar-refractivity contribution in [2.24, 2.45) is 0 Å². The quantitative estimate of drug-likeness (QED) is 0.212. The van der Waals surface area contributed by atoms with E-state index in [1.807, 2.05) is 76.2 Å². The van der Waals surface area contributed by atoms with E-state index >= 15 is 0 Å². The van der Waals surface area contributed by atoms with E-state index < -0.39 is 0 Å². The van der Waals surface area contributed by atoms with Crippen molar-refractivity contribution in [2.45, 2.75) is 58.0 Å². The zero-order chi connectivity index (χ0) is 29.1. The van der Waals surface area contributed by atoms with Gasteiger partial charge in [-0.25, -0.2) is 0 Å². The number of hydrogen-bond acceptors (Lipinski definition) is 6. The van der Waals surface area contributed by atoms with Gasteiger partial charge in [-0.1, -0.05) is 62.4 Å². The lowest BCUT2D eigenvalue weighted by Crippen LogP contribution is -2.39. The zero-order valence-electron chi connectivity index (χ0n) is 25.0. The lowest BCUT2D eigenvalue weighted by Gasteiger charge is -2.42. The highest BCUT2D eigenvalue weighted by Gasteiger charge is 2.35. The van der Waals surface area contributed by atoms with Gasteiger partial charge < -0.3 is 18.4 Å². The highest BCUT2D eigenvalue weighted by molar-refractivity contribution is 7.95. The summed E-state index contributed by atoms with van der Waals surface area (Å²) in [6.45, 7) is 13.5. The van der Waals surface area contributed by atoms with Gasteiger partial charge in [0.05, 0.1) is 33.4 Å². The Morgan fingerprint density at radius 1 is 0.925 bits per heavy atom.